The molecule has 4 radical (unpaired) electrons. The number of rotatable bonds is 8. The highest BCUT2D eigenvalue weighted by atomic mass is 35.5. The van der Waals surface area contributed by atoms with Crippen LogP contribution in [0.3, 0.4) is 0 Å². The largest absolute Gasteiger partial charge is 0.395 e. The maximum atomic E-state index is 13.9. The van der Waals surface area contributed by atoms with E-state index in [1.165, 1.54) is 23.1 Å². The summed E-state index contributed by atoms with van der Waals surface area (Å²) < 4.78 is 42.8. The van der Waals surface area contributed by atoms with E-state index in [9.17, 15) is 18.4 Å². The molecule has 1 aliphatic carbocycles. The number of nitrogens with zero attached hydrogens (tertiary/aromatic N) is 6. The number of hydrogen-bond acceptors (Lipinski definition) is 7. The van der Waals surface area contributed by atoms with E-state index in [-0.39, 0.29) is 23.4 Å². The molecule has 3 aromatic heterocycles. The Morgan fingerprint density at radius 3 is 2.50 bits per heavy atom. The number of hydrogen-bond donors (Lipinski definition) is 2. The molecule has 14 heteroatoms. The molecule has 1 saturated carbocycles. The zero-order valence-corrected chi connectivity index (χ0v) is 24.1. The predicted octanol–water partition coefficient (Wildman–Crippen LogP) is 5.60. The summed E-state index contributed by atoms with van der Waals surface area (Å²) in [6.45, 7) is 7.19. The first-order chi connectivity index (χ1) is 19.7. The average molecular weight is 589 g/mol. The molecule has 1 aromatic carbocycles. The number of nitrogens with one attached hydrogen (secondary N) is 2. The molecule has 0 saturated heterocycles. The fourth-order valence-corrected chi connectivity index (χ4v) is 4.85. The number of benzene rings is 1. The summed E-state index contributed by atoms with van der Waals surface area (Å²) in [5.74, 6) is -0.668. The molecule has 8 nitrogen and oxygen atoms in total. The maximum absolute atomic E-state index is 13.9. The van der Waals surface area contributed by atoms with Crippen molar-refractivity contribution in [3.05, 3.63) is 70.1 Å². The number of alkyl halides is 2. The Labute approximate surface area is 248 Å². The van der Waals surface area contributed by atoms with Crippen LogP contribution < -0.4 is 10.6 Å². The minimum absolute atomic E-state index is 0.194. The van der Waals surface area contributed by atoms with Crippen molar-refractivity contribution in [2.45, 2.75) is 63.9 Å². The van der Waals surface area contributed by atoms with E-state index in [0.717, 1.165) is 0 Å². The summed E-state index contributed by atoms with van der Waals surface area (Å²) >= 11 is 6.67. The predicted molar refractivity (Wildman–Crippen MR) is 156 cm³/mol. The second-order valence-corrected chi connectivity index (χ2v) is 12.0. The summed E-state index contributed by atoms with van der Waals surface area (Å²) in [5.41, 5.74) is 0.595. The molecular formula is C28H26B2ClF3N8. The van der Waals surface area contributed by atoms with E-state index >= 15 is 0 Å². The molecule has 0 unspecified atom stereocenters. The van der Waals surface area contributed by atoms with Gasteiger partial charge in [-0.25, -0.2) is 18.4 Å². The fourth-order valence-electron chi connectivity index (χ4n) is 4.58. The third-order valence-electron chi connectivity index (χ3n) is 7.76. The monoisotopic (exact) mass is 588 g/mol. The Hall–Kier alpha value is -3.78. The Balaban J connectivity index is 1.63. The van der Waals surface area contributed by atoms with E-state index in [1.807, 2.05) is 20.8 Å². The zero-order valence-electron chi connectivity index (χ0n) is 23.4. The second-order valence-electron chi connectivity index (χ2n) is 11.6. The van der Waals surface area contributed by atoms with Crippen LogP contribution >= 0.6 is 11.6 Å². The van der Waals surface area contributed by atoms with Crippen LogP contribution in [-0.2, 0) is 5.54 Å². The molecular weight excluding hydrogens is 562 g/mol. The fraction of sp³-hybridized carbons (Fsp3) is 0.393. The Morgan fingerprint density at radius 1 is 1.19 bits per heavy atom. The number of nitriles is 1. The molecule has 0 aliphatic heterocycles. The lowest BCUT2D eigenvalue weighted by Gasteiger charge is -2.42. The third-order valence-corrected chi connectivity index (χ3v) is 8.05. The summed E-state index contributed by atoms with van der Waals surface area (Å²) in [6.07, 6.45) is 0.806. The second kappa shape index (κ2) is 10.5. The number of halogens is 4. The van der Waals surface area contributed by atoms with Gasteiger partial charge in [0.2, 0.25) is 5.95 Å². The minimum Gasteiger partial charge on any atom is -0.395 e. The minimum atomic E-state index is -2.61. The van der Waals surface area contributed by atoms with Gasteiger partial charge in [-0.15, -0.1) is 5.10 Å². The van der Waals surface area contributed by atoms with Gasteiger partial charge in [0.15, 0.2) is 0 Å². The molecule has 3 heterocycles. The van der Waals surface area contributed by atoms with Crippen molar-refractivity contribution < 1.29 is 13.2 Å². The van der Waals surface area contributed by atoms with Crippen LogP contribution in [0.1, 0.15) is 62.2 Å². The Bertz CT molecular complexity index is 1710. The highest BCUT2D eigenvalue weighted by Crippen LogP contribution is 2.48. The summed E-state index contributed by atoms with van der Waals surface area (Å²) in [7, 11) is 12.8. The molecule has 1 fully saturated rings. The van der Waals surface area contributed by atoms with Gasteiger partial charge in [0.25, 0.3) is 6.43 Å². The quantitative estimate of drug-likeness (QED) is 0.204. The van der Waals surface area contributed by atoms with Gasteiger partial charge in [-0.3, -0.25) is 4.98 Å². The van der Waals surface area contributed by atoms with Crippen molar-refractivity contribution in [1.29, 1.82) is 5.26 Å². The van der Waals surface area contributed by atoms with Crippen LogP contribution in [0.5, 0.6) is 0 Å². The lowest BCUT2D eigenvalue weighted by atomic mass is 9.49. The zero-order chi connectivity index (χ0) is 30.6. The number of pyridine rings is 2. The highest BCUT2D eigenvalue weighted by Gasteiger charge is 2.54. The Morgan fingerprint density at radius 2 is 1.90 bits per heavy atom. The van der Waals surface area contributed by atoms with Crippen LogP contribution in [0.2, 0.25) is 5.02 Å². The van der Waals surface area contributed by atoms with Crippen LogP contribution in [0, 0.1) is 29.6 Å². The topological polar surface area (TPSA) is 104 Å². The lowest BCUT2D eigenvalue weighted by Crippen LogP contribution is -2.51. The van der Waals surface area contributed by atoms with Gasteiger partial charge in [-0.1, -0.05) is 43.7 Å². The van der Waals surface area contributed by atoms with Crippen LogP contribution in [0.4, 0.5) is 24.5 Å². The molecule has 212 valence electrons. The van der Waals surface area contributed by atoms with Crippen LogP contribution in [-0.4, -0.2) is 52.4 Å². The van der Waals surface area contributed by atoms with E-state index in [0.29, 0.717) is 39.2 Å². The molecule has 1 aliphatic rings. The van der Waals surface area contributed by atoms with Crippen molar-refractivity contribution in [3.8, 4) is 6.07 Å². The van der Waals surface area contributed by atoms with Crippen LogP contribution in [0.15, 0.2) is 36.7 Å². The summed E-state index contributed by atoms with van der Waals surface area (Å²) in [4.78, 5) is 8.30. The molecule has 4 aromatic rings. The van der Waals surface area contributed by atoms with E-state index in [4.69, 9.17) is 27.3 Å². The third kappa shape index (κ3) is 5.28. The smallest absolute Gasteiger partial charge is 0.263 e. The number of anilines is 2. The molecule has 5 rings (SSSR count). The summed E-state index contributed by atoms with van der Waals surface area (Å²) in [6, 6.07) is 7.41. The average Bonchev–Trinajstić information content (AvgIpc) is 3.57. The highest BCUT2D eigenvalue weighted by molar-refractivity contribution is 6.42. The first-order valence-corrected chi connectivity index (χ1v) is 13.5. The molecule has 1 atom stereocenters. The number of fused-ring (bicyclic) bond motifs is 1. The van der Waals surface area contributed by atoms with Gasteiger partial charge >= 0.3 is 0 Å². The van der Waals surface area contributed by atoms with Gasteiger partial charge in [0.05, 0.1) is 49.7 Å². The standard InChI is InChI=1S/C28H26B2ClF3N8/c1-14-17(5-6-21(32)37-14)24(20-13-42(41-40-20)27(7-8-27)25(33)34)38-16-9-18-22(39-28(29,30)26(2,3)4)15(11-35)12-36-23(18)19(31)10-16/h5-6,9-10,12-13,24-25,38H,7-8H2,1-4H3,(H,36,39)/t24-/m0/s1. The van der Waals surface area contributed by atoms with Gasteiger partial charge in [0, 0.05) is 28.5 Å². The van der Waals surface area contributed by atoms with Gasteiger partial charge < -0.3 is 10.6 Å². The maximum Gasteiger partial charge on any atom is 0.263 e. The van der Waals surface area contributed by atoms with Crippen molar-refractivity contribution >= 4 is 49.6 Å². The normalized spacial score (nSPS) is 15.4. The summed E-state index contributed by atoms with van der Waals surface area (Å²) in [5, 5.41) is 23.8. The van der Waals surface area contributed by atoms with Crippen LogP contribution in [0.25, 0.3) is 10.9 Å². The van der Waals surface area contributed by atoms with E-state index < -0.39 is 34.7 Å². The van der Waals surface area contributed by atoms with Crippen molar-refractivity contribution in [1.82, 2.24) is 25.0 Å². The lowest BCUT2D eigenvalue weighted by molar-refractivity contribution is 0.0593. The number of aromatic nitrogens is 5. The molecule has 0 bridgehead atoms. The Kier molecular flexibility index (Phi) is 7.42. The first kappa shape index (κ1) is 29.7. The van der Waals surface area contributed by atoms with Crippen molar-refractivity contribution in [2.24, 2.45) is 5.41 Å². The van der Waals surface area contributed by atoms with E-state index in [1.54, 1.807) is 25.1 Å². The molecule has 0 amide bonds. The molecule has 42 heavy (non-hydrogen) atoms. The molecule has 0 spiro atoms. The molecule has 2 N–H and O–H groups in total. The van der Waals surface area contributed by atoms with Crippen molar-refractivity contribution in [3.63, 3.8) is 0 Å². The first-order valence-electron chi connectivity index (χ1n) is 13.2. The van der Waals surface area contributed by atoms with Gasteiger partial charge in [-0.05, 0) is 48.7 Å². The SMILES string of the molecule is [B]C([B])(Nc1c(C#N)cnc2c(Cl)cc(N[C@H](c3cn(C4(C(F)F)CC4)nn3)c3ccc(F)nc3C)cc12)C(C)(C)C. The van der Waals surface area contributed by atoms with Crippen molar-refractivity contribution in [2.75, 3.05) is 10.6 Å². The number of aryl methyl sites for hydroxylation is 1. The van der Waals surface area contributed by atoms with Gasteiger partial charge in [-0.2, -0.15) is 9.65 Å². The van der Waals surface area contributed by atoms with Gasteiger partial charge in [0.1, 0.15) is 17.3 Å². The van der Waals surface area contributed by atoms with E-state index in [2.05, 4.69) is 37.0 Å².